The average molecular weight is 356 g/mol. The molecule has 0 radical (unpaired) electrons. The molecule has 9 heteroatoms. The van der Waals surface area contributed by atoms with E-state index in [0.29, 0.717) is 32.8 Å². The predicted molar refractivity (Wildman–Crippen MR) is 84.7 cm³/mol. The smallest absolute Gasteiger partial charge is 0.409 e. The van der Waals surface area contributed by atoms with E-state index < -0.39 is 5.97 Å². The molecule has 1 aliphatic rings. The third-order valence-electron chi connectivity index (χ3n) is 3.45. The van der Waals surface area contributed by atoms with Crippen LogP contribution in [0.3, 0.4) is 0 Å². The second-order valence-corrected chi connectivity index (χ2v) is 5.40. The van der Waals surface area contributed by atoms with E-state index in [0.717, 1.165) is 0 Å². The third kappa shape index (κ3) is 4.82. The van der Waals surface area contributed by atoms with Crippen LogP contribution in [0, 0.1) is 0 Å². The van der Waals surface area contributed by atoms with E-state index in [1.807, 2.05) is 0 Å². The van der Waals surface area contributed by atoms with Gasteiger partial charge in [0.1, 0.15) is 5.15 Å². The summed E-state index contributed by atoms with van der Waals surface area (Å²) in [5, 5.41) is 0.172. The van der Waals surface area contributed by atoms with Gasteiger partial charge in [-0.2, -0.15) is 0 Å². The molecule has 130 valence electrons. The fraction of sp³-hybridized carbons (Fsp3) is 0.467. The van der Waals surface area contributed by atoms with Crippen molar-refractivity contribution >= 4 is 29.6 Å². The van der Waals surface area contributed by atoms with Crippen molar-refractivity contribution in [3.63, 3.8) is 0 Å². The van der Waals surface area contributed by atoms with E-state index in [9.17, 15) is 14.4 Å². The number of piperazine rings is 1. The number of hydrogen-bond donors (Lipinski definition) is 0. The van der Waals surface area contributed by atoms with Crippen LogP contribution in [0.15, 0.2) is 18.3 Å². The first-order valence-electron chi connectivity index (χ1n) is 7.49. The van der Waals surface area contributed by atoms with Gasteiger partial charge in [-0.25, -0.2) is 14.6 Å². The van der Waals surface area contributed by atoms with Crippen LogP contribution < -0.4 is 0 Å². The Labute approximate surface area is 144 Å². The summed E-state index contributed by atoms with van der Waals surface area (Å²) in [5.41, 5.74) is 0.231. The lowest BCUT2D eigenvalue weighted by molar-refractivity contribution is -0.136. The van der Waals surface area contributed by atoms with Crippen molar-refractivity contribution in [2.24, 2.45) is 0 Å². The molecular formula is C15H18ClN3O5. The molecule has 1 aromatic rings. The molecule has 0 aliphatic carbocycles. The van der Waals surface area contributed by atoms with Gasteiger partial charge in [0.25, 0.3) is 5.91 Å². The highest BCUT2D eigenvalue weighted by molar-refractivity contribution is 6.29. The van der Waals surface area contributed by atoms with Gasteiger partial charge < -0.3 is 19.3 Å². The van der Waals surface area contributed by atoms with Crippen LogP contribution in [0.25, 0.3) is 0 Å². The predicted octanol–water partition coefficient (Wildman–Crippen LogP) is 1.19. The van der Waals surface area contributed by atoms with Crippen LogP contribution in [0.2, 0.25) is 5.15 Å². The number of pyridine rings is 1. The first kappa shape index (κ1) is 18.0. The molecule has 0 N–H and O–H groups in total. The van der Waals surface area contributed by atoms with Gasteiger partial charge in [-0.3, -0.25) is 4.79 Å². The van der Waals surface area contributed by atoms with Gasteiger partial charge in [-0.05, 0) is 19.1 Å². The van der Waals surface area contributed by atoms with E-state index in [-0.39, 0.29) is 29.3 Å². The molecule has 24 heavy (non-hydrogen) atoms. The topological polar surface area (TPSA) is 89.0 Å². The van der Waals surface area contributed by atoms with Gasteiger partial charge in [0.05, 0.1) is 12.2 Å². The van der Waals surface area contributed by atoms with Crippen molar-refractivity contribution in [1.29, 1.82) is 0 Å². The molecule has 0 aromatic carbocycles. The summed E-state index contributed by atoms with van der Waals surface area (Å²) >= 11 is 5.70. The maximum absolute atomic E-state index is 12.1. The molecule has 1 aromatic heterocycles. The fourth-order valence-electron chi connectivity index (χ4n) is 2.18. The lowest BCUT2D eigenvalue weighted by atomic mass is 10.3. The number of esters is 1. The Kier molecular flexibility index (Phi) is 6.36. The number of rotatable bonds is 4. The van der Waals surface area contributed by atoms with Gasteiger partial charge in [-0.1, -0.05) is 11.6 Å². The minimum atomic E-state index is -0.641. The Bertz CT molecular complexity index is 617. The number of amides is 2. The Morgan fingerprint density at radius 2 is 1.83 bits per heavy atom. The van der Waals surface area contributed by atoms with E-state index in [1.54, 1.807) is 11.8 Å². The normalized spacial score (nSPS) is 14.2. The van der Waals surface area contributed by atoms with Crippen molar-refractivity contribution in [1.82, 2.24) is 14.8 Å². The molecule has 2 heterocycles. The third-order valence-corrected chi connectivity index (χ3v) is 3.65. The fourth-order valence-corrected chi connectivity index (χ4v) is 2.36. The molecule has 0 spiro atoms. The molecule has 1 aliphatic heterocycles. The Morgan fingerprint density at radius 3 is 2.46 bits per heavy atom. The van der Waals surface area contributed by atoms with Gasteiger partial charge in [-0.15, -0.1) is 0 Å². The summed E-state index contributed by atoms with van der Waals surface area (Å²) in [6, 6.07) is 2.82. The largest absolute Gasteiger partial charge is 0.452 e. The molecule has 0 unspecified atom stereocenters. The number of carbonyl (C=O) groups is 3. The quantitative estimate of drug-likeness (QED) is 0.595. The average Bonchev–Trinajstić information content (AvgIpc) is 2.59. The van der Waals surface area contributed by atoms with Crippen LogP contribution in [-0.2, 0) is 14.3 Å². The van der Waals surface area contributed by atoms with Crippen molar-refractivity contribution in [3.8, 4) is 0 Å². The Morgan fingerprint density at radius 1 is 1.17 bits per heavy atom. The zero-order valence-electron chi connectivity index (χ0n) is 13.2. The van der Waals surface area contributed by atoms with Gasteiger partial charge in [0.15, 0.2) is 6.61 Å². The minimum absolute atomic E-state index is 0.172. The first-order valence-corrected chi connectivity index (χ1v) is 7.87. The summed E-state index contributed by atoms with van der Waals surface area (Å²) < 4.78 is 9.90. The van der Waals surface area contributed by atoms with E-state index in [1.165, 1.54) is 23.2 Å². The Hall–Kier alpha value is -2.35. The lowest BCUT2D eigenvalue weighted by Crippen LogP contribution is -2.51. The number of hydrogen-bond acceptors (Lipinski definition) is 6. The minimum Gasteiger partial charge on any atom is -0.452 e. The maximum atomic E-state index is 12.1. The van der Waals surface area contributed by atoms with E-state index in [2.05, 4.69) is 4.98 Å². The van der Waals surface area contributed by atoms with Crippen LogP contribution in [-0.4, -0.2) is 72.1 Å². The zero-order valence-corrected chi connectivity index (χ0v) is 14.0. The lowest BCUT2D eigenvalue weighted by Gasteiger charge is -2.33. The van der Waals surface area contributed by atoms with Crippen LogP contribution in [0.1, 0.15) is 17.3 Å². The molecular weight excluding hydrogens is 338 g/mol. The monoisotopic (exact) mass is 355 g/mol. The molecule has 1 saturated heterocycles. The van der Waals surface area contributed by atoms with Crippen LogP contribution >= 0.6 is 11.6 Å². The molecule has 0 saturated carbocycles. The summed E-state index contributed by atoms with van der Waals surface area (Å²) in [6.45, 7) is 3.21. The van der Waals surface area contributed by atoms with Crippen molar-refractivity contribution < 1.29 is 23.9 Å². The second kappa shape index (κ2) is 8.49. The van der Waals surface area contributed by atoms with E-state index >= 15 is 0 Å². The molecule has 0 bridgehead atoms. The molecule has 2 amide bonds. The first-order chi connectivity index (χ1) is 11.5. The van der Waals surface area contributed by atoms with Gasteiger partial charge >= 0.3 is 12.1 Å². The maximum Gasteiger partial charge on any atom is 0.409 e. The van der Waals surface area contributed by atoms with Crippen molar-refractivity contribution in [2.75, 3.05) is 39.4 Å². The summed E-state index contributed by atoms with van der Waals surface area (Å²) in [6.07, 6.45) is 1.00. The summed E-state index contributed by atoms with van der Waals surface area (Å²) in [7, 11) is 0. The standard InChI is InChI=1S/C15H18ClN3O5/c1-2-23-15(22)19-7-5-18(6-8-19)13(20)10-24-14(21)11-3-4-17-12(16)9-11/h3-4,9H,2,5-8,10H2,1H3. The zero-order chi connectivity index (χ0) is 17.5. The number of halogens is 1. The number of aromatic nitrogens is 1. The van der Waals surface area contributed by atoms with Crippen molar-refractivity contribution in [3.05, 3.63) is 29.0 Å². The molecule has 1 fully saturated rings. The molecule has 2 rings (SSSR count). The van der Waals surface area contributed by atoms with Crippen LogP contribution in [0.4, 0.5) is 4.79 Å². The van der Waals surface area contributed by atoms with Gasteiger partial charge in [0.2, 0.25) is 0 Å². The Balaban J connectivity index is 1.77. The SMILES string of the molecule is CCOC(=O)N1CCN(C(=O)COC(=O)c2ccnc(Cl)c2)CC1. The molecule has 0 atom stereocenters. The van der Waals surface area contributed by atoms with Gasteiger partial charge in [0, 0.05) is 32.4 Å². The summed E-state index contributed by atoms with van der Waals surface area (Å²) in [4.78, 5) is 42.4. The number of carbonyl (C=O) groups excluding carboxylic acids is 3. The van der Waals surface area contributed by atoms with Crippen LogP contribution in [0.5, 0.6) is 0 Å². The molecule has 8 nitrogen and oxygen atoms in total. The van der Waals surface area contributed by atoms with E-state index in [4.69, 9.17) is 21.1 Å². The number of nitrogens with zero attached hydrogens (tertiary/aromatic N) is 3. The summed E-state index contributed by atoms with van der Waals surface area (Å²) in [5.74, 6) is -0.954. The highest BCUT2D eigenvalue weighted by atomic mass is 35.5. The van der Waals surface area contributed by atoms with Crippen molar-refractivity contribution in [2.45, 2.75) is 6.92 Å². The number of ether oxygens (including phenoxy) is 2. The highest BCUT2D eigenvalue weighted by Crippen LogP contribution is 2.09. The second-order valence-electron chi connectivity index (χ2n) is 5.01. The highest BCUT2D eigenvalue weighted by Gasteiger charge is 2.25.